The molecule has 0 N–H and O–H groups in total. The summed E-state index contributed by atoms with van der Waals surface area (Å²) in [6.07, 6.45) is 0. The highest BCUT2D eigenvalue weighted by Crippen LogP contribution is 2.26. The molecule has 1 aliphatic heterocycles. The van der Waals surface area contributed by atoms with Crippen LogP contribution in [0.2, 0.25) is 0 Å². The number of thiophene rings is 1. The van der Waals surface area contributed by atoms with E-state index in [1.54, 1.807) is 43.8 Å². The fourth-order valence-electron chi connectivity index (χ4n) is 2.90. The predicted octanol–water partition coefficient (Wildman–Crippen LogP) is 2.72. The van der Waals surface area contributed by atoms with Crippen LogP contribution in [0.25, 0.3) is 0 Å². The highest BCUT2D eigenvalue weighted by Gasteiger charge is 2.24. The van der Waals surface area contributed by atoms with Crippen molar-refractivity contribution in [3.05, 3.63) is 46.2 Å². The van der Waals surface area contributed by atoms with E-state index >= 15 is 0 Å². The lowest BCUT2D eigenvalue weighted by atomic mass is 10.1. The zero-order valence-electron chi connectivity index (χ0n) is 14.0. The van der Waals surface area contributed by atoms with Gasteiger partial charge in [-0.1, -0.05) is 0 Å². The topological polar surface area (TPSA) is 42.0 Å². The summed E-state index contributed by atoms with van der Waals surface area (Å²) in [5.74, 6) is 1.26. The Labute approximate surface area is 146 Å². The van der Waals surface area contributed by atoms with E-state index < -0.39 is 0 Å². The zero-order chi connectivity index (χ0) is 16.9. The Bertz CT molecular complexity index is 680. The van der Waals surface area contributed by atoms with Crippen LogP contribution in [0.3, 0.4) is 0 Å². The third-order valence-electron chi connectivity index (χ3n) is 4.28. The average Bonchev–Trinajstić information content (AvgIpc) is 3.14. The Morgan fingerprint density at radius 1 is 1.12 bits per heavy atom. The molecular formula is C18H22N2O3S. The third kappa shape index (κ3) is 3.71. The van der Waals surface area contributed by atoms with Gasteiger partial charge in [0.2, 0.25) is 0 Å². The van der Waals surface area contributed by atoms with Crippen molar-refractivity contribution in [3.63, 3.8) is 0 Å². The summed E-state index contributed by atoms with van der Waals surface area (Å²) in [7, 11) is 3.17. The van der Waals surface area contributed by atoms with Crippen LogP contribution in [-0.2, 0) is 6.54 Å². The third-order valence-corrected chi connectivity index (χ3v) is 5.02. The normalized spacial score (nSPS) is 15.3. The molecule has 3 rings (SSSR count). The second kappa shape index (κ2) is 7.68. The first-order valence-electron chi connectivity index (χ1n) is 7.96. The summed E-state index contributed by atoms with van der Waals surface area (Å²) in [5.41, 5.74) is 1.93. The van der Waals surface area contributed by atoms with Gasteiger partial charge in [0.05, 0.1) is 19.8 Å². The van der Waals surface area contributed by atoms with Crippen molar-refractivity contribution in [1.29, 1.82) is 0 Å². The number of piperazine rings is 1. The maximum absolute atomic E-state index is 12.8. The highest BCUT2D eigenvalue weighted by atomic mass is 32.1. The monoisotopic (exact) mass is 346 g/mol. The van der Waals surface area contributed by atoms with E-state index in [2.05, 4.69) is 21.7 Å². The zero-order valence-corrected chi connectivity index (χ0v) is 14.8. The second-order valence-electron chi connectivity index (χ2n) is 5.77. The van der Waals surface area contributed by atoms with Gasteiger partial charge in [0.25, 0.3) is 5.91 Å². The maximum atomic E-state index is 12.8. The van der Waals surface area contributed by atoms with Gasteiger partial charge in [-0.25, -0.2) is 0 Å². The molecule has 2 heterocycles. The van der Waals surface area contributed by atoms with E-state index in [1.807, 2.05) is 4.90 Å². The fraction of sp³-hybridized carbons (Fsp3) is 0.389. The van der Waals surface area contributed by atoms with Gasteiger partial charge in [-0.3, -0.25) is 9.69 Å². The number of hydrogen-bond donors (Lipinski definition) is 0. The van der Waals surface area contributed by atoms with Crippen molar-refractivity contribution < 1.29 is 14.3 Å². The van der Waals surface area contributed by atoms with Crippen LogP contribution >= 0.6 is 11.3 Å². The minimum Gasteiger partial charge on any atom is -0.497 e. The average molecular weight is 346 g/mol. The first-order chi connectivity index (χ1) is 11.7. The molecule has 1 aliphatic rings. The number of methoxy groups -OCH3 is 2. The SMILES string of the molecule is COc1ccc(C(=O)N2CCN(Cc3ccsc3)CC2)c(OC)c1. The lowest BCUT2D eigenvalue weighted by molar-refractivity contribution is 0.0625. The van der Waals surface area contributed by atoms with Crippen LogP contribution in [0, 0.1) is 0 Å². The first-order valence-corrected chi connectivity index (χ1v) is 8.90. The molecule has 5 nitrogen and oxygen atoms in total. The van der Waals surface area contributed by atoms with Crippen molar-refractivity contribution in [1.82, 2.24) is 9.80 Å². The highest BCUT2D eigenvalue weighted by molar-refractivity contribution is 7.07. The molecule has 0 radical (unpaired) electrons. The summed E-state index contributed by atoms with van der Waals surface area (Å²) < 4.78 is 10.5. The van der Waals surface area contributed by atoms with Crippen LogP contribution in [0.1, 0.15) is 15.9 Å². The Morgan fingerprint density at radius 2 is 1.92 bits per heavy atom. The molecule has 128 valence electrons. The molecule has 0 bridgehead atoms. The Kier molecular flexibility index (Phi) is 5.37. The number of carbonyl (C=O) groups excluding carboxylic acids is 1. The van der Waals surface area contributed by atoms with Crippen molar-refractivity contribution in [3.8, 4) is 11.5 Å². The van der Waals surface area contributed by atoms with E-state index in [1.165, 1.54) is 5.56 Å². The van der Waals surface area contributed by atoms with E-state index in [0.29, 0.717) is 17.1 Å². The molecule has 6 heteroatoms. The number of benzene rings is 1. The van der Waals surface area contributed by atoms with Crippen LogP contribution in [0.15, 0.2) is 35.0 Å². The Balaban J connectivity index is 1.62. The number of hydrogen-bond acceptors (Lipinski definition) is 5. The summed E-state index contributed by atoms with van der Waals surface area (Å²) in [5, 5.41) is 4.28. The molecule has 1 fully saturated rings. The van der Waals surface area contributed by atoms with Crippen molar-refractivity contribution in [2.75, 3.05) is 40.4 Å². The minimum atomic E-state index is 0.0182. The molecule has 0 unspecified atom stereocenters. The number of carbonyl (C=O) groups is 1. The van der Waals surface area contributed by atoms with Gasteiger partial charge in [-0.15, -0.1) is 0 Å². The number of ether oxygens (including phenoxy) is 2. The van der Waals surface area contributed by atoms with Gasteiger partial charge in [0, 0.05) is 38.8 Å². The molecular weight excluding hydrogens is 324 g/mol. The standard InChI is InChI=1S/C18H22N2O3S/c1-22-15-3-4-16(17(11-15)23-2)18(21)20-8-6-19(7-9-20)12-14-5-10-24-13-14/h3-5,10-11,13H,6-9,12H2,1-2H3. The molecule has 1 amide bonds. The number of rotatable bonds is 5. The molecule has 1 aromatic heterocycles. The summed E-state index contributed by atoms with van der Waals surface area (Å²) in [4.78, 5) is 17.1. The van der Waals surface area contributed by atoms with Crippen LogP contribution in [-0.4, -0.2) is 56.1 Å². The van der Waals surface area contributed by atoms with Gasteiger partial charge in [-0.05, 0) is 34.5 Å². The molecule has 2 aromatic rings. The molecule has 1 aromatic carbocycles. The van der Waals surface area contributed by atoms with Crippen molar-refractivity contribution >= 4 is 17.2 Å². The van der Waals surface area contributed by atoms with Gasteiger partial charge < -0.3 is 14.4 Å². The predicted molar refractivity (Wildman–Crippen MR) is 95.0 cm³/mol. The van der Waals surface area contributed by atoms with E-state index in [0.717, 1.165) is 32.7 Å². The molecule has 0 spiro atoms. The van der Waals surface area contributed by atoms with Crippen LogP contribution in [0.4, 0.5) is 0 Å². The largest absolute Gasteiger partial charge is 0.497 e. The quantitative estimate of drug-likeness (QED) is 0.835. The Hall–Kier alpha value is -2.05. The molecule has 1 saturated heterocycles. The van der Waals surface area contributed by atoms with E-state index in [9.17, 15) is 4.79 Å². The molecule has 24 heavy (non-hydrogen) atoms. The first kappa shape index (κ1) is 16.8. The van der Waals surface area contributed by atoms with Gasteiger partial charge in [0.1, 0.15) is 11.5 Å². The molecule has 0 saturated carbocycles. The van der Waals surface area contributed by atoms with E-state index in [-0.39, 0.29) is 5.91 Å². The van der Waals surface area contributed by atoms with Gasteiger partial charge >= 0.3 is 0 Å². The van der Waals surface area contributed by atoms with E-state index in [4.69, 9.17) is 9.47 Å². The maximum Gasteiger partial charge on any atom is 0.257 e. The van der Waals surface area contributed by atoms with Crippen LogP contribution in [0.5, 0.6) is 11.5 Å². The summed E-state index contributed by atoms with van der Waals surface area (Å²) in [6.45, 7) is 4.20. The fourth-order valence-corrected chi connectivity index (χ4v) is 3.56. The summed E-state index contributed by atoms with van der Waals surface area (Å²) in [6, 6.07) is 7.48. The van der Waals surface area contributed by atoms with Gasteiger partial charge in [-0.2, -0.15) is 11.3 Å². The lowest BCUT2D eigenvalue weighted by Gasteiger charge is -2.34. The molecule has 0 atom stereocenters. The smallest absolute Gasteiger partial charge is 0.257 e. The van der Waals surface area contributed by atoms with Crippen LogP contribution < -0.4 is 9.47 Å². The van der Waals surface area contributed by atoms with Crippen molar-refractivity contribution in [2.45, 2.75) is 6.54 Å². The summed E-state index contributed by atoms with van der Waals surface area (Å²) >= 11 is 1.72. The lowest BCUT2D eigenvalue weighted by Crippen LogP contribution is -2.48. The minimum absolute atomic E-state index is 0.0182. The number of nitrogens with zero attached hydrogens (tertiary/aromatic N) is 2. The van der Waals surface area contributed by atoms with Crippen molar-refractivity contribution in [2.24, 2.45) is 0 Å². The second-order valence-corrected chi connectivity index (χ2v) is 6.55. The molecule has 0 aliphatic carbocycles. The number of amides is 1. The van der Waals surface area contributed by atoms with Gasteiger partial charge in [0.15, 0.2) is 0 Å². The Morgan fingerprint density at radius 3 is 2.54 bits per heavy atom.